The number of carbonyl (C=O) groups is 1. The summed E-state index contributed by atoms with van der Waals surface area (Å²) in [6, 6.07) is 18.4. The molecule has 29 heavy (non-hydrogen) atoms. The Labute approximate surface area is 168 Å². The molecule has 0 atom stereocenters. The molecular weight excluding hydrogens is 377 g/mol. The molecule has 1 heterocycles. The van der Waals surface area contributed by atoms with Gasteiger partial charge in [0.05, 0.1) is 12.1 Å². The number of alkyl halides is 3. The van der Waals surface area contributed by atoms with Crippen LogP contribution in [0.25, 0.3) is 0 Å². The minimum Gasteiger partial charge on any atom is -0.345 e. The summed E-state index contributed by atoms with van der Waals surface area (Å²) < 4.78 is 41.1. The van der Waals surface area contributed by atoms with Crippen LogP contribution in [0.1, 0.15) is 40.5 Å². The highest BCUT2D eigenvalue weighted by molar-refractivity contribution is 5.94. The van der Waals surface area contributed by atoms with Gasteiger partial charge >= 0.3 is 6.18 Å². The fourth-order valence-electron chi connectivity index (χ4n) is 3.26. The Morgan fingerprint density at radius 3 is 2.45 bits per heavy atom. The predicted molar refractivity (Wildman–Crippen MR) is 106 cm³/mol. The molecule has 0 spiro atoms. The molecule has 152 valence electrons. The fourth-order valence-corrected chi connectivity index (χ4v) is 3.26. The van der Waals surface area contributed by atoms with Gasteiger partial charge in [0.25, 0.3) is 5.91 Å². The molecule has 0 aliphatic carbocycles. The number of amides is 1. The number of aromatic nitrogens is 1. The van der Waals surface area contributed by atoms with E-state index in [1.54, 1.807) is 4.90 Å². The maximum absolute atomic E-state index is 13.0. The van der Waals surface area contributed by atoms with Crippen molar-refractivity contribution in [1.29, 1.82) is 0 Å². The van der Waals surface area contributed by atoms with Crippen LogP contribution in [-0.4, -0.2) is 21.9 Å². The molecule has 3 rings (SSSR count). The summed E-state index contributed by atoms with van der Waals surface area (Å²) in [5, 5.41) is 0. The van der Waals surface area contributed by atoms with Crippen molar-refractivity contribution >= 4 is 5.91 Å². The predicted octanol–water partition coefficient (Wildman–Crippen LogP) is 5.61. The van der Waals surface area contributed by atoms with Gasteiger partial charge in [-0.1, -0.05) is 43.3 Å². The molecule has 3 nitrogen and oxygen atoms in total. The van der Waals surface area contributed by atoms with Crippen LogP contribution in [0, 0.1) is 0 Å². The third-order valence-corrected chi connectivity index (χ3v) is 4.69. The Morgan fingerprint density at radius 2 is 1.76 bits per heavy atom. The second-order valence-corrected chi connectivity index (χ2v) is 6.92. The van der Waals surface area contributed by atoms with Crippen molar-refractivity contribution in [1.82, 2.24) is 9.47 Å². The fraction of sp³-hybridized carbons (Fsp3) is 0.261. The maximum Gasteiger partial charge on any atom is 0.416 e. The zero-order chi connectivity index (χ0) is 20.9. The molecule has 6 heteroatoms. The lowest BCUT2D eigenvalue weighted by Crippen LogP contribution is -2.32. The van der Waals surface area contributed by atoms with Gasteiger partial charge in [-0.25, -0.2) is 0 Å². The molecule has 1 amide bonds. The van der Waals surface area contributed by atoms with Crippen molar-refractivity contribution in [3.63, 3.8) is 0 Å². The largest absolute Gasteiger partial charge is 0.416 e. The van der Waals surface area contributed by atoms with Gasteiger partial charge in [0.1, 0.15) is 0 Å². The SMILES string of the molecule is CCCN(Cc1cccn1Cc1ccccc1)C(=O)c1cccc(C(F)(F)F)c1. The first-order valence-corrected chi connectivity index (χ1v) is 9.53. The van der Waals surface area contributed by atoms with E-state index in [1.165, 1.54) is 12.1 Å². The molecule has 0 aliphatic rings. The summed E-state index contributed by atoms with van der Waals surface area (Å²) in [6.45, 7) is 3.41. The molecule has 0 aliphatic heterocycles. The molecule has 1 aromatic heterocycles. The van der Waals surface area contributed by atoms with Gasteiger partial charge in [-0.05, 0) is 42.3 Å². The van der Waals surface area contributed by atoms with Gasteiger partial charge in [0.2, 0.25) is 0 Å². The van der Waals surface area contributed by atoms with Crippen LogP contribution in [0.4, 0.5) is 13.2 Å². The molecule has 2 aromatic carbocycles. The number of benzene rings is 2. The zero-order valence-corrected chi connectivity index (χ0v) is 16.2. The second-order valence-electron chi connectivity index (χ2n) is 6.92. The highest BCUT2D eigenvalue weighted by Crippen LogP contribution is 2.30. The average molecular weight is 400 g/mol. The van der Waals surface area contributed by atoms with E-state index >= 15 is 0 Å². The van der Waals surface area contributed by atoms with Crippen LogP contribution in [0.3, 0.4) is 0 Å². The highest BCUT2D eigenvalue weighted by atomic mass is 19.4. The van der Waals surface area contributed by atoms with E-state index in [2.05, 4.69) is 4.57 Å². The van der Waals surface area contributed by atoms with Crippen LogP contribution in [0.5, 0.6) is 0 Å². The smallest absolute Gasteiger partial charge is 0.345 e. The van der Waals surface area contributed by atoms with Crippen molar-refractivity contribution in [3.05, 3.63) is 95.3 Å². The van der Waals surface area contributed by atoms with Crippen molar-refractivity contribution < 1.29 is 18.0 Å². The van der Waals surface area contributed by atoms with Crippen LogP contribution in [0.2, 0.25) is 0 Å². The Balaban J connectivity index is 1.81. The lowest BCUT2D eigenvalue weighted by atomic mass is 10.1. The van der Waals surface area contributed by atoms with Crippen LogP contribution in [0.15, 0.2) is 72.9 Å². The van der Waals surface area contributed by atoms with Gasteiger partial charge in [0, 0.05) is 30.5 Å². The minimum absolute atomic E-state index is 0.0504. The summed E-state index contributed by atoms with van der Waals surface area (Å²) in [7, 11) is 0. The number of rotatable bonds is 7. The van der Waals surface area contributed by atoms with Gasteiger partial charge in [-0.3, -0.25) is 4.79 Å². The van der Waals surface area contributed by atoms with Crippen molar-refractivity contribution in [2.24, 2.45) is 0 Å². The summed E-state index contributed by atoms with van der Waals surface area (Å²) in [4.78, 5) is 14.6. The normalized spacial score (nSPS) is 11.4. The first-order valence-electron chi connectivity index (χ1n) is 9.53. The van der Waals surface area contributed by atoms with Crippen molar-refractivity contribution in [3.8, 4) is 0 Å². The molecule has 3 aromatic rings. The number of nitrogens with zero attached hydrogens (tertiary/aromatic N) is 2. The summed E-state index contributed by atoms with van der Waals surface area (Å²) in [5.41, 5.74) is 1.31. The maximum atomic E-state index is 13.0. The first kappa shape index (κ1) is 20.7. The monoisotopic (exact) mass is 400 g/mol. The number of halogens is 3. The zero-order valence-electron chi connectivity index (χ0n) is 16.2. The molecule has 0 fully saturated rings. The van der Waals surface area contributed by atoms with Crippen molar-refractivity contribution in [2.75, 3.05) is 6.54 Å². The molecule has 0 unspecified atom stereocenters. The third-order valence-electron chi connectivity index (χ3n) is 4.69. The van der Waals surface area contributed by atoms with Crippen LogP contribution in [-0.2, 0) is 19.3 Å². The molecule has 0 N–H and O–H groups in total. The first-order chi connectivity index (χ1) is 13.9. The quantitative estimate of drug-likeness (QED) is 0.506. The Kier molecular flexibility index (Phi) is 6.42. The Hall–Kier alpha value is -3.02. The van der Waals surface area contributed by atoms with E-state index in [4.69, 9.17) is 0 Å². The van der Waals surface area contributed by atoms with E-state index in [9.17, 15) is 18.0 Å². The summed E-state index contributed by atoms with van der Waals surface area (Å²) >= 11 is 0. The molecular formula is C23H23F3N2O. The van der Waals surface area contributed by atoms with Gasteiger partial charge < -0.3 is 9.47 Å². The molecule has 0 bridgehead atoms. The molecule has 0 radical (unpaired) electrons. The summed E-state index contributed by atoms with van der Waals surface area (Å²) in [6.07, 6.45) is -1.82. The van der Waals surface area contributed by atoms with E-state index in [1.807, 2.05) is 55.6 Å². The van der Waals surface area contributed by atoms with Gasteiger partial charge in [-0.15, -0.1) is 0 Å². The Morgan fingerprint density at radius 1 is 1.00 bits per heavy atom. The summed E-state index contributed by atoms with van der Waals surface area (Å²) in [5.74, 6) is -0.398. The third kappa shape index (κ3) is 5.28. The van der Waals surface area contributed by atoms with Crippen LogP contribution >= 0.6 is 0 Å². The van der Waals surface area contributed by atoms with Gasteiger partial charge in [-0.2, -0.15) is 13.2 Å². The molecule has 0 saturated heterocycles. The second kappa shape index (κ2) is 8.99. The molecule has 0 saturated carbocycles. The topological polar surface area (TPSA) is 25.2 Å². The minimum atomic E-state index is -4.48. The lowest BCUT2D eigenvalue weighted by Gasteiger charge is -2.23. The number of hydrogen-bond donors (Lipinski definition) is 0. The van der Waals surface area contributed by atoms with Crippen LogP contribution < -0.4 is 0 Å². The van der Waals surface area contributed by atoms with E-state index in [0.29, 0.717) is 26.1 Å². The van der Waals surface area contributed by atoms with E-state index in [0.717, 1.165) is 23.4 Å². The average Bonchev–Trinajstić information content (AvgIpc) is 3.14. The number of hydrogen-bond acceptors (Lipinski definition) is 1. The number of carbonyl (C=O) groups excluding carboxylic acids is 1. The van der Waals surface area contributed by atoms with E-state index in [-0.39, 0.29) is 5.56 Å². The Bertz CT molecular complexity index is 948. The highest BCUT2D eigenvalue weighted by Gasteiger charge is 2.31. The van der Waals surface area contributed by atoms with E-state index < -0.39 is 17.6 Å². The van der Waals surface area contributed by atoms with Gasteiger partial charge in [0.15, 0.2) is 0 Å². The van der Waals surface area contributed by atoms with Crippen molar-refractivity contribution in [2.45, 2.75) is 32.6 Å². The standard InChI is InChI=1S/C23H23F3N2O/c1-2-13-28(22(29)19-10-6-11-20(15-19)23(24,25)26)17-21-12-7-14-27(21)16-18-8-4-3-5-9-18/h3-12,14-15H,2,13,16-17H2,1H3. The lowest BCUT2D eigenvalue weighted by molar-refractivity contribution is -0.137.